The van der Waals surface area contributed by atoms with Gasteiger partial charge in [0.05, 0.1) is 21.5 Å². The number of nitrogens with one attached hydrogen (secondary N) is 1. The summed E-state index contributed by atoms with van der Waals surface area (Å²) in [6.45, 7) is 1.73. The first kappa shape index (κ1) is 13.5. The van der Waals surface area contributed by atoms with E-state index in [0.717, 1.165) is 12.1 Å². The molecule has 3 nitrogen and oxygen atoms in total. The lowest BCUT2D eigenvalue weighted by Gasteiger charge is -2.10. The van der Waals surface area contributed by atoms with Crippen LogP contribution in [0.4, 0.5) is 10.1 Å². The molecule has 0 heterocycles. The molecule has 0 aliphatic heterocycles. The van der Waals surface area contributed by atoms with Crippen molar-refractivity contribution in [1.82, 2.24) is 0 Å². The summed E-state index contributed by atoms with van der Waals surface area (Å²) < 4.78 is 38.0. The van der Waals surface area contributed by atoms with E-state index < -0.39 is 15.8 Å². The number of anilines is 1. The van der Waals surface area contributed by atoms with Crippen LogP contribution in [-0.2, 0) is 10.0 Å². The van der Waals surface area contributed by atoms with Crippen LogP contribution < -0.4 is 4.72 Å². The highest BCUT2D eigenvalue weighted by Gasteiger charge is 2.15. The van der Waals surface area contributed by atoms with E-state index in [4.69, 9.17) is 23.2 Å². The lowest BCUT2D eigenvalue weighted by molar-refractivity contribution is 0.599. The van der Waals surface area contributed by atoms with Crippen molar-refractivity contribution in [2.45, 2.75) is 13.3 Å². The van der Waals surface area contributed by atoms with Crippen molar-refractivity contribution in [2.75, 3.05) is 10.5 Å². The molecule has 7 heteroatoms. The molecule has 0 atom stereocenters. The van der Waals surface area contributed by atoms with Crippen molar-refractivity contribution in [2.24, 2.45) is 0 Å². The summed E-state index contributed by atoms with van der Waals surface area (Å²) in [4.78, 5) is 0. The fraction of sp³-hybridized carbons (Fsp3) is 0.333. The van der Waals surface area contributed by atoms with Crippen molar-refractivity contribution in [1.29, 1.82) is 0 Å². The molecule has 0 radical (unpaired) electrons. The molecule has 1 rings (SSSR count). The maximum absolute atomic E-state index is 12.8. The van der Waals surface area contributed by atoms with E-state index in [1.807, 2.05) is 0 Å². The fourth-order valence-corrected chi connectivity index (χ4v) is 2.95. The van der Waals surface area contributed by atoms with Crippen LogP contribution in [-0.4, -0.2) is 14.2 Å². The molecule has 0 saturated carbocycles. The summed E-state index contributed by atoms with van der Waals surface area (Å²) in [6, 6.07) is 1.99. The van der Waals surface area contributed by atoms with E-state index in [1.165, 1.54) is 0 Å². The first-order valence-electron chi connectivity index (χ1n) is 4.50. The van der Waals surface area contributed by atoms with Gasteiger partial charge in [0.1, 0.15) is 5.82 Å². The Morgan fingerprint density at radius 2 is 1.81 bits per heavy atom. The quantitative estimate of drug-likeness (QED) is 0.923. The van der Waals surface area contributed by atoms with E-state index >= 15 is 0 Å². The second kappa shape index (κ2) is 5.21. The van der Waals surface area contributed by atoms with E-state index in [0.29, 0.717) is 6.42 Å². The lowest BCUT2D eigenvalue weighted by atomic mass is 10.3. The second-order valence-corrected chi connectivity index (χ2v) is 5.82. The molecule has 1 aromatic rings. The van der Waals surface area contributed by atoms with Gasteiger partial charge in [0.25, 0.3) is 0 Å². The zero-order valence-electron chi connectivity index (χ0n) is 8.43. The van der Waals surface area contributed by atoms with Crippen LogP contribution >= 0.6 is 23.2 Å². The normalized spacial score (nSPS) is 11.5. The largest absolute Gasteiger partial charge is 0.281 e. The molecular formula is C9H10Cl2FNO2S. The van der Waals surface area contributed by atoms with Crippen LogP contribution in [0.1, 0.15) is 13.3 Å². The molecule has 0 fully saturated rings. The van der Waals surface area contributed by atoms with Crippen molar-refractivity contribution in [3.63, 3.8) is 0 Å². The van der Waals surface area contributed by atoms with Crippen LogP contribution in [0.15, 0.2) is 12.1 Å². The Kier molecular flexibility index (Phi) is 4.41. The standard InChI is InChI=1S/C9H10Cl2FNO2S/c1-2-3-16(14,15)13-9-7(10)4-6(12)5-8(9)11/h4-5,13H,2-3H2,1H3. The van der Waals surface area contributed by atoms with Gasteiger partial charge in [-0.2, -0.15) is 0 Å². The van der Waals surface area contributed by atoms with E-state index in [-0.39, 0.29) is 21.5 Å². The van der Waals surface area contributed by atoms with Gasteiger partial charge in [-0.05, 0) is 18.6 Å². The average molecular weight is 286 g/mol. The first-order valence-corrected chi connectivity index (χ1v) is 6.91. The predicted molar refractivity (Wildman–Crippen MR) is 64.1 cm³/mol. The van der Waals surface area contributed by atoms with Gasteiger partial charge >= 0.3 is 0 Å². The number of benzene rings is 1. The van der Waals surface area contributed by atoms with Crippen molar-refractivity contribution >= 4 is 38.9 Å². The molecule has 1 N–H and O–H groups in total. The maximum Gasteiger partial charge on any atom is 0.232 e. The highest BCUT2D eigenvalue weighted by molar-refractivity contribution is 7.92. The average Bonchev–Trinajstić information content (AvgIpc) is 2.11. The summed E-state index contributed by atoms with van der Waals surface area (Å²) in [5.41, 5.74) is 0.0122. The highest BCUT2D eigenvalue weighted by atomic mass is 35.5. The molecule has 90 valence electrons. The van der Waals surface area contributed by atoms with Crippen LogP contribution in [0.5, 0.6) is 0 Å². The molecule has 0 unspecified atom stereocenters. The van der Waals surface area contributed by atoms with Gasteiger partial charge in [-0.15, -0.1) is 0 Å². The summed E-state index contributed by atoms with van der Waals surface area (Å²) in [7, 11) is -3.48. The van der Waals surface area contributed by atoms with Crippen molar-refractivity contribution in [3.05, 3.63) is 28.0 Å². The van der Waals surface area contributed by atoms with Gasteiger partial charge in [0, 0.05) is 0 Å². The molecule has 16 heavy (non-hydrogen) atoms. The summed E-state index contributed by atoms with van der Waals surface area (Å²) in [5, 5.41) is -0.130. The van der Waals surface area contributed by atoms with Gasteiger partial charge in [-0.1, -0.05) is 30.1 Å². The van der Waals surface area contributed by atoms with Gasteiger partial charge in [0.2, 0.25) is 10.0 Å². The third-order valence-electron chi connectivity index (χ3n) is 1.74. The Balaban J connectivity index is 3.07. The van der Waals surface area contributed by atoms with E-state index in [1.54, 1.807) is 6.92 Å². The summed E-state index contributed by atoms with van der Waals surface area (Å²) in [6.07, 6.45) is 0.464. The van der Waals surface area contributed by atoms with Crippen molar-refractivity contribution in [3.8, 4) is 0 Å². The highest BCUT2D eigenvalue weighted by Crippen LogP contribution is 2.32. The van der Waals surface area contributed by atoms with Crippen molar-refractivity contribution < 1.29 is 12.8 Å². The Morgan fingerprint density at radius 1 is 1.31 bits per heavy atom. The monoisotopic (exact) mass is 285 g/mol. The van der Waals surface area contributed by atoms with Crippen LogP contribution in [0.2, 0.25) is 10.0 Å². The van der Waals surface area contributed by atoms with E-state index in [2.05, 4.69) is 4.72 Å². The number of hydrogen-bond acceptors (Lipinski definition) is 2. The minimum absolute atomic E-state index is 0.0122. The Hall–Kier alpha value is -0.520. The van der Waals surface area contributed by atoms with Gasteiger partial charge in [0.15, 0.2) is 0 Å². The molecule has 0 spiro atoms. The second-order valence-electron chi connectivity index (χ2n) is 3.17. The number of halogens is 3. The molecule has 0 amide bonds. The lowest BCUT2D eigenvalue weighted by Crippen LogP contribution is -2.16. The zero-order chi connectivity index (χ0) is 12.3. The van der Waals surface area contributed by atoms with Gasteiger partial charge < -0.3 is 0 Å². The molecule has 0 bridgehead atoms. The molecular weight excluding hydrogens is 276 g/mol. The van der Waals surface area contributed by atoms with Gasteiger partial charge in [-0.25, -0.2) is 12.8 Å². The molecule has 0 aliphatic rings. The molecule has 0 aromatic heterocycles. The first-order chi connectivity index (χ1) is 7.35. The minimum atomic E-state index is -3.48. The predicted octanol–water partition coefficient (Wildman–Crippen LogP) is 3.28. The number of hydrogen-bond donors (Lipinski definition) is 1. The Morgan fingerprint density at radius 3 is 2.25 bits per heavy atom. The van der Waals surface area contributed by atoms with Crippen LogP contribution in [0.25, 0.3) is 0 Å². The third-order valence-corrected chi connectivity index (χ3v) is 3.79. The number of sulfonamides is 1. The molecule has 1 aromatic carbocycles. The topological polar surface area (TPSA) is 46.2 Å². The molecule has 0 aliphatic carbocycles. The van der Waals surface area contributed by atoms with Crippen LogP contribution in [0.3, 0.4) is 0 Å². The zero-order valence-corrected chi connectivity index (χ0v) is 10.8. The number of rotatable bonds is 4. The summed E-state index contributed by atoms with van der Waals surface area (Å²) in [5.74, 6) is -0.662. The van der Waals surface area contributed by atoms with Crippen LogP contribution in [0, 0.1) is 5.82 Å². The SMILES string of the molecule is CCCS(=O)(=O)Nc1c(Cl)cc(F)cc1Cl. The summed E-state index contributed by atoms with van der Waals surface area (Å²) >= 11 is 11.4. The molecule has 0 saturated heterocycles. The Bertz CT molecular complexity index is 467. The minimum Gasteiger partial charge on any atom is -0.281 e. The third kappa shape index (κ3) is 3.50. The smallest absolute Gasteiger partial charge is 0.232 e. The van der Waals surface area contributed by atoms with Gasteiger partial charge in [-0.3, -0.25) is 4.72 Å². The maximum atomic E-state index is 12.8. The van der Waals surface area contributed by atoms with E-state index in [9.17, 15) is 12.8 Å². The Labute approximate surface area is 104 Å². The fourth-order valence-electron chi connectivity index (χ4n) is 1.11.